The summed E-state index contributed by atoms with van der Waals surface area (Å²) < 4.78 is 16.8. The van der Waals surface area contributed by atoms with E-state index in [1.165, 1.54) is 12.1 Å². The third kappa shape index (κ3) is 2.78. The Kier molecular flexibility index (Phi) is 3.76. The molecule has 0 unspecified atom stereocenters. The Balaban J connectivity index is 1.59. The Morgan fingerprint density at radius 3 is 2.80 bits per heavy atom. The highest BCUT2D eigenvalue weighted by Crippen LogP contribution is 2.24. The second-order valence-corrected chi connectivity index (χ2v) is 6.22. The summed E-state index contributed by atoms with van der Waals surface area (Å²) in [6.07, 6.45) is 1.84. The van der Waals surface area contributed by atoms with Gasteiger partial charge in [0.25, 0.3) is 5.91 Å². The molecule has 2 aromatic heterocycles. The highest BCUT2D eigenvalue weighted by atomic mass is 35.5. The second-order valence-electron chi connectivity index (χ2n) is 5.82. The molecule has 0 atom stereocenters. The van der Waals surface area contributed by atoms with Crippen molar-refractivity contribution in [3.8, 4) is 11.5 Å². The van der Waals surface area contributed by atoms with Gasteiger partial charge in [0.05, 0.1) is 17.1 Å². The van der Waals surface area contributed by atoms with Crippen LogP contribution in [0, 0.1) is 5.82 Å². The lowest BCUT2D eigenvalue weighted by atomic mass is 10.1. The van der Waals surface area contributed by atoms with Crippen molar-refractivity contribution in [1.29, 1.82) is 0 Å². The third-order valence-corrected chi connectivity index (χ3v) is 4.46. The molecule has 1 amide bonds. The first-order valence-electron chi connectivity index (χ1n) is 7.69. The maximum absolute atomic E-state index is 13.2. The number of aromatic nitrogens is 5. The molecule has 1 aromatic carbocycles. The fourth-order valence-corrected chi connectivity index (χ4v) is 3.14. The van der Waals surface area contributed by atoms with Crippen molar-refractivity contribution in [2.75, 3.05) is 6.54 Å². The molecule has 3 aromatic rings. The van der Waals surface area contributed by atoms with Gasteiger partial charge in [-0.05, 0) is 24.3 Å². The van der Waals surface area contributed by atoms with Crippen LogP contribution in [0.25, 0.3) is 11.5 Å². The fraction of sp³-hybridized carbons (Fsp3) is 0.250. The zero-order chi connectivity index (χ0) is 17.6. The number of amides is 1. The van der Waals surface area contributed by atoms with Crippen molar-refractivity contribution in [2.24, 2.45) is 7.05 Å². The highest BCUT2D eigenvalue weighted by Gasteiger charge is 2.27. The molecule has 0 radical (unpaired) electrons. The van der Waals surface area contributed by atoms with Crippen LogP contribution in [0.1, 0.15) is 16.2 Å². The maximum atomic E-state index is 13.2. The quantitative estimate of drug-likeness (QED) is 0.702. The molecule has 1 aliphatic rings. The zero-order valence-corrected chi connectivity index (χ0v) is 14.1. The summed E-state index contributed by atoms with van der Waals surface area (Å²) in [6.45, 7) is 1.35. The number of carbonyl (C=O) groups is 1. The van der Waals surface area contributed by atoms with Gasteiger partial charge < -0.3 is 9.47 Å². The number of fused-ring (bicyclic) bond motifs is 1. The smallest absolute Gasteiger partial charge is 0.255 e. The van der Waals surface area contributed by atoms with E-state index in [1.54, 1.807) is 9.58 Å². The van der Waals surface area contributed by atoms with Crippen LogP contribution in [0.3, 0.4) is 0 Å². The van der Waals surface area contributed by atoms with E-state index in [0.29, 0.717) is 31.3 Å². The standard InChI is InChI=1S/C16H14ClFN6O/c1-22-5-4-13(21-22)15-20-19-14-9-23(6-7-24(14)15)16(25)11-3-2-10(18)8-12(11)17/h2-5,8H,6-7,9H2,1H3. The molecule has 3 heterocycles. The molecular weight excluding hydrogens is 347 g/mol. The number of benzene rings is 1. The zero-order valence-electron chi connectivity index (χ0n) is 13.4. The van der Waals surface area contributed by atoms with Gasteiger partial charge in [-0.15, -0.1) is 10.2 Å². The summed E-state index contributed by atoms with van der Waals surface area (Å²) in [5, 5.41) is 12.8. The van der Waals surface area contributed by atoms with E-state index in [-0.39, 0.29) is 16.5 Å². The molecule has 0 spiro atoms. The number of halogens is 2. The van der Waals surface area contributed by atoms with Crippen molar-refractivity contribution in [2.45, 2.75) is 13.1 Å². The van der Waals surface area contributed by atoms with Gasteiger partial charge in [0.15, 0.2) is 11.6 Å². The maximum Gasteiger partial charge on any atom is 0.255 e. The molecule has 4 rings (SSSR count). The van der Waals surface area contributed by atoms with Gasteiger partial charge in [0, 0.05) is 26.3 Å². The first-order chi connectivity index (χ1) is 12.0. The number of aryl methyl sites for hydroxylation is 1. The minimum atomic E-state index is -0.472. The Morgan fingerprint density at radius 1 is 1.24 bits per heavy atom. The highest BCUT2D eigenvalue weighted by molar-refractivity contribution is 6.33. The van der Waals surface area contributed by atoms with Crippen LogP contribution < -0.4 is 0 Å². The molecule has 9 heteroatoms. The summed E-state index contributed by atoms with van der Waals surface area (Å²) in [4.78, 5) is 14.3. The largest absolute Gasteiger partial charge is 0.329 e. The predicted octanol–water partition coefficient (Wildman–Crippen LogP) is 2.13. The van der Waals surface area contributed by atoms with Crippen LogP contribution in [-0.2, 0) is 20.1 Å². The van der Waals surface area contributed by atoms with Crippen LogP contribution in [0.5, 0.6) is 0 Å². The fourth-order valence-electron chi connectivity index (χ4n) is 2.89. The molecule has 0 bridgehead atoms. The SMILES string of the molecule is Cn1ccc(-c2nnc3n2CCN(C(=O)c2ccc(F)cc2Cl)C3)n1. The Bertz CT molecular complexity index is 965. The lowest BCUT2D eigenvalue weighted by Gasteiger charge is -2.28. The van der Waals surface area contributed by atoms with E-state index >= 15 is 0 Å². The van der Waals surface area contributed by atoms with E-state index in [0.717, 1.165) is 11.8 Å². The van der Waals surface area contributed by atoms with Crippen molar-refractivity contribution in [3.63, 3.8) is 0 Å². The molecule has 128 valence electrons. The lowest BCUT2D eigenvalue weighted by Crippen LogP contribution is -2.38. The van der Waals surface area contributed by atoms with Crippen molar-refractivity contribution >= 4 is 17.5 Å². The molecule has 25 heavy (non-hydrogen) atoms. The van der Waals surface area contributed by atoms with Gasteiger partial charge in [-0.25, -0.2) is 4.39 Å². The van der Waals surface area contributed by atoms with Gasteiger partial charge in [0.1, 0.15) is 11.5 Å². The van der Waals surface area contributed by atoms with Crippen LogP contribution in [-0.4, -0.2) is 41.9 Å². The Labute approximate surface area is 147 Å². The molecule has 0 aliphatic carbocycles. The van der Waals surface area contributed by atoms with Crippen molar-refractivity contribution < 1.29 is 9.18 Å². The van der Waals surface area contributed by atoms with E-state index in [2.05, 4.69) is 15.3 Å². The molecular formula is C16H14ClFN6O. The van der Waals surface area contributed by atoms with Crippen LogP contribution in [0.15, 0.2) is 30.5 Å². The van der Waals surface area contributed by atoms with Crippen LogP contribution in [0.4, 0.5) is 4.39 Å². The molecule has 0 saturated heterocycles. The minimum absolute atomic E-state index is 0.103. The third-order valence-electron chi connectivity index (χ3n) is 4.14. The normalized spacial score (nSPS) is 13.8. The molecule has 0 N–H and O–H groups in total. The average Bonchev–Trinajstić information content (AvgIpc) is 3.19. The first-order valence-corrected chi connectivity index (χ1v) is 8.07. The van der Waals surface area contributed by atoms with Gasteiger partial charge in [-0.3, -0.25) is 9.48 Å². The number of rotatable bonds is 2. The number of hydrogen-bond donors (Lipinski definition) is 0. The monoisotopic (exact) mass is 360 g/mol. The molecule has 1 aliphatic heterocycles. The summed E-state index contributed by atoms with van der Waals surface area (Å²) >= 11 is 6.00. The van der Waals surface area contributed by atoms with Gasteiger partial charge in [0.2, 0.25) is 0 Å². The summed E-state index contributed by atoms with van der Waals surface area (Å²) in [7, 11) is 1.84. The van der Waals surface area contributed by atoms with Gasteiger partial charge >= 0.3 is 0 Å². The van der Waals surface area contributed by atoms with E-state index in [1.807, 2.05) is 23.9 Å². The van der Waals surface area contributed by atoms with E-state index < -0.39 is 5.82 Å². The molecule has 7 nitrogen and oxygen atoms in total. The van der Waals surface area contributed by atoms with E-state index in [9.17, 15) is 9.18 Å². The van der Waals surface area contributed by atoms with Gasteiger partial charge in [-0.1, -0.05) is 11.6 Å². The van der Waals surface area contributed by atoms with Crippen molar-refractivity contribution in [3.05, 3.63) is 52.7 Å². The number of hydrogen-bond acceptors (Lipinski definition) is 4. The molecule has 0 fully saturated rings. The summed E-state index contributed by atoms with van der Waals surface area (Å²) in [6, 6.07) is 5.64. The summed E-state index contributed by atoms with van der Waals surface area (Å²) in [5.41, 5.74) is 1.02. The summed E-state index contributed by atoms with van der Waals surface area (Å²) in [5.74, 6) is 0.638. The number of nitrogens with zero attached hydrogens (tertiary/aromatic N) is 6. The average molecular weight is 361 g/mol. The van der Waals surface area contributed by atoms with E-state index in [4.69, 9.17) is 11.6 Å². The minimum Gasteiger partial charge on any atom is -0.329 e. The predicted molar refractivity (Wildman–Crippen MR) is 88.4 cm³/mol. The number of carbonyl (C=O) groups excluding carboxylic acids is 1. The second kappa shape index (κ2) is 5.96. The Morgan fingerprint density at radius 2 is 2.08 bits per heavy atom. The van der Waals surface area contributed by atoms with Crippen LogP contribution >= 0.6 is 11.6 Å². The van der Waals surface area contributed by atoms with Gasteiger partial charge in [-0.2, -0.15) is 5.10 Å². The van der Waals surface area contributed by atoms with Crippen molar-refractivity contribution in [1.82, 2.24) is 29.4 Å². The topological polar surface area (TPSA) is 68.8 Å². The first kappa shape index (κ1) is 15.8. The molecule has 0 saturated carbocycles. The Hall–Kier alpha value is -2.74. The van der Waals surface area contributed by atoms with Crippen LogP contribution in [0.2, 0.25) is 5.02 Å². The lowest BCUT2D eigenvalue weighted by molar-refractivity contribution is 0.0708.